The number of aromatic nitrogens is 1. The molecule has 0 radical (unpaired) electrons. The van der Waals surface area contributed by atoms with Crippen molar-refractivity contribution in [1.29, 1.82) is 0 Å². The molecule has 0 spiro atoms. The maximum absolute atomic E-state index is 14.3. The second-order valence-corrected chi connectivity index (χ2v) is 13.9. The summed E-state index contributed by atoms with van der Waals surface area (Å²) in [6, 6.07) is 4.63. The molecule has 0 aliphatic carbocycles. The fourth-order valence-corrected chi connectivity index (χ4v) is 5.51. The van der Waals surface area contributed by atoms with E-state index in [1.165, 1.54) is 6.08 Å². The van der Waals surface area contributed by atoms with Crippen LogP contribution in [0.1, 0.15) is 72.8 Å². The number of H-pyrrole nitrogens is 1. The van der Waals surface area contributed by atoms with E-state index in [2.05, 4.69) is 22.2 Å². The molecular weight excluding hydrogens is 520 g/mol. The number of methoxy groups -OCH3 is 1. The van der Waals surface area contributed by atoms with Crippen LogP contribution in [0.5, 0.6) is 5.75 Å². The van der Waals surface area contributed by atoms with Gasteiger partial charge in [0.15, 0.2) is 5.78 Å². The molecule has 0 bridgehead atoms. The van der Waals surface area contributed by atoms with Gasteiger partial charge in [-0.05, 0) is 46.4 Å². The molecule has 1 aromatic heterocycles. The minimum atomic E-state index is -0.923. The second-order valence-electron chi connectivity index (χ2n) is 13.9. The van der Waals surface area contributed by atoms with Gasteiger partial charge in [0.2, 0.25) is 11.8 Å². The van der Waals surface area contributed by atoms with Crippen molar-refractivity contribution in [2.45, 2.75) is 80.4 Å². The van der Waals surface area contributed by atoms with Crippen molar-refractivity contribution < 1.29 is 23.9 Å². The van der Waals surface area contributed by atoms with Gasteiger partial charge >= 0.3 is 0 Å². The van der Waals surface area contributed by atoms with Gasteiger partial charge in [-0.1, -0.05) is 75.0 Å². The normalized spacial score (nSPS) is 20.3. The number of amides is 3. The number of benzene rings is 1. The van der Waals surface area contributed by atoms with Crippen LogP contribution in [0.25, 0.3) is 10.9 Å². The van der Waals surface area contributed by atoms with Gasteiger partial charge in [0.25, 0.3) is 5.91 Å². The van der Waals surface area contributed by atoms with Crippen LogP contribution in [-0.2, 0) is 14.4 Å². The Balaban J connectivity index is 1.95. The van der Waals surface area contributed by atoms with E-state index >= 15 is 0 Å². The molecule has 1 fully saturated rings. The fourth-order valence-electron chi connectivity index (χ4n) is 5.51. The summed E-state index contributed by atoms with van der Waals surface area (Å²) in [6.45, 7) is 21.1. The number of rotatable bonds is 8. The number of likely N-dealkylation sites (tertiary alicyclic amines) is 1. The first kappa shape index (κ1) is 31.9. The molecule has 0 saturated carbocycles. The number of fused-ring (bicyclic) bond motifs is 1. The largest absolute Gasteiger partial charge is 0.496 e. The van der Waals surface area contributed by atoms with Crippen LogP contribution in [0.4, 0.5) is 0 Å². The molecule has 9 nitrogen and oxygen atoms in total. The molecule has 2 aromatic rings. The van der Waals surface area contributed by atoms with Gasteiger partial charge in [-0.3, -0.25) is 19.2 Å². The Morgan fingerprint density at radius 1 is 1.07 bits per heavy atom. The number of carbonyl (C=O) groups excluding carboxylic acids is 4. The Kier molecular flexibility index (Phi) is 8.82. The summed E-state index contributed by atoms with van der Waals surface area (Å²) in [5, 5.41) is 6.62. The number of nitrogens with one attached hydrogen (secondary N) is 3. The average molecular weight is 567 g/mol. The Labute approximate surface area is 243 Å². The van der Waals surface area contributed by atoms with E-state index in [4.69, 9.17) is 4.74 Å². The molecule has 1 aromatic carbocycles. The molecule has 3 rings (SSSR count). The number of ether oxygens (including phenoxy) is 1. The van der Waals surface area contributed by atoms with E-state index in [1.54, 1.807) is 18.1 Å². The molecule has 4 atom stereocenters. The highest BCUT2D eigenvalue weighted by Gasteiger charge is 2.54. The number of carbonyl (C=O) groups is 4. The number of ketones is 1. The van der Waals surface area contributed by atoms with Crippen LogP contribution in [0.2, 0.25) is 0 Å². The topological polar surface area (TPSA) is 121 Å². The highest BCUT2D eigenvalue weighted by Crippen LogP contribution is 2.42. The number of hydrogen-bond donors (Lipinski definition) is 3. The maximum atomic E-state index is 14.3. The van der Waals surface area contributed by atoms with Gasteiger partial charge in [-0.25, -0.2) is 0 Å². The van der Waals surface area contributed by atoms with Crippen LogP contribution >= 0.6 is 0 Å². The van der Waals surface area contributed by atoms with Gasteiger partial charge in [0.05, 0.1) is 13.2 Å². The average Bonchev–Trinajstić information content (AvgIpc) is 3.41. The number of hydrogen-bond acceptors (Lipinski definition) is 5. The summed E-state index contributed by atoms with van der Waals surface area (Å²) in [6.07, 6.45) is 1.21. The van der Waals surface area contributed by atoms with Crippen LogP contribution in [0.15, 0.2) is 36.9 Å². The fraction of sp³-hybridized carbons (Fsp3) is 0.562. The zero-order valence-electron chi connectivity index (χ0n) is 26.1. The second kappa shape index (κ2) is 11.3. The summed E-state index contributed by atoms with van der Waals surface area (Å²) in [5.41, 5.74) is -0.775. The predicted octanol–water partition coefficient (Wildman–Crippen LogP) is 4.48. The molecule has 1 aliphatic heterocycles. The number of nitrogens with zero attached hydrogens (tertiary/aromatic N) is 1. The van der Waals surface area contributed by atoms with Crippen molar-refractivity contribution in [2.75, 3.05) is 13.7 Å². The summed E-state index contributed by atoms with van der Waals surface area (Å²) in [4.78, 5) is 59.0. The molecule has 41 heavy (non-hydrogen) atoms. The Morgan fingerprint density at radius 2 is 1.68 bits per heavy atom. The van der Waals surface area contributed by atoms with Crippen LogP contribution in [0, 0.1) is 22.2 Å². The SMILES string of the molecule is C=CC(=O)[C@@H](NC(=O)[C@H]1N(C(=O)[C@@H](NC(=O)c2cc3c(OC)cccc3[nH]2)C(C)(C)C)C[C@@H](C)C1(C)C)C(C)(C)C. The van der Waals surface area contributed by atoms with Crippen molar-refractivity contribution in [3.63, 3.8) is 0 Å². The molecule has 1 aliphatic rings. The smallest absolute Gasteiger partial charge is 0.268 e. The lowest BCUT2D eigenvalue weighted by Crippen LogP contribution is -2.61. The first-order valence-corrected chi connectivity index (χ1v) is 14.1. The minimum absolute atomic E-state index is 0.0112. The zero-order chi connectivity index (χ0) is 31.1. The van der Waals surface area contributed by atoms with Gasteiger partial charge in [-0.2, -0.15) is 0 Å². The molecule has 2 heterocycles. The molecule has 224 valence electrons. The highest BCUT2D eigenvalue weighted by molar-refractivity contribution is 6.02. The Bertz CT molecular complexity index is 1340. The van der Waals surface area contributed by atoms with Crippen molar-refractivity contribution in [3.8, 4) is 5.75 Å². The minimum Gasteiger partial charge on any atom is -0.496 e. The third-order valence-corrected chi connectivity index (χ3v) is 8.40. The molecule has 1 saturated heterocycles. The van der Waals surface area contributed by atoms with E-state index in [-0.39, 0.29) is 17.6 Å². The lowest BCUT2D eigenvalue weighted by atomic mass is 9.76. The molecule has 3 amide bonds. The van der Waals surface area contributed by atoms with Gasteiger partial charge in [0, 0.05) is 17.4 Å². The highest BCUT2D eigenvalue weighted by atomic mass is 16.5. The van der Waals surface area contributed by atoms with E-state index in [0.717, 1.165) is 10.9 Å². The predicted molar refractivity (Wildman–Crippen MR) is 161 cm³/mol. The molecule has 3 N–H and O–H groups in total. The van der Waals surface area contributed by atoms with Crippen LogP contribution in [0.3, 0.4) is 0 Å². The third-order valence-electron chi connectivity index (χ3n) is 8.40. The summed E-state index contributed by atoms with van der Waals surface area (Å²) < 4.78 is 5.42. The van der Waals surface area contributed by atoms with E-state index in [0.29, 0.717) is 18.0 Å². The van der Waals surface area contributed by atoms with Crippen molar-refractivity contribution in [3.05, 3.63) is 42.6 Å². The van der Waals surface area contributed by atoms with Crippen molar-refractivity contribution in [2.24, 2.45) is 22.2 Å². The monoisotopic (exact) mass is 566 g/mol. The van der Waals surface area contributed by atoms with Gasteiger partial charge in [-0.15, -0.1) is 0 Å². The lowest BCUT2D eigenvalue weighted by molar-refractivity contribution is -0.144. The molecular formula is C32H46N4O5. The van der Waals surface area contributed by atoms with Gasteiger partial charge in [0.1, 0.15) is 23.5 Å². The quantitative estimate of drug-likeness (QED) is 0.407. The third kappa shape index (κ3) is 6.34. The molecule has 9 heteroatoms. The first-order chi connectivity index (χ1) is 18.8. The standard InChI is InChI=1S/C32H46N4O5/c1-12-22(37)24(30(3,4)5)34-28(39)26-32(9,10)18(2)17-36(26)29(40)25(31(6,7)8)35-27(38)21-16-19-20(33-21)14-13-15-23(19)41-11/h12-16,18,24-26,33H,1,17H2,2-11H3,(H,34,39)(H,35,38)/t18-,24-,25-,26-/m1/s1. The van der Waals surface area contributed by atoms with Crippen molar-refractivity contribution in [1.82, 2.24) is 20.5 Å². The van der Waals surface area contributed by atoms with E-state index in [1.807, 2.05) is 80.5 Å². The van der Waals surface area contributed by atoms with E-state index in [9.17, 15) is 19.2 Å². The zero-order valence-corrected chi connectivity index (χ0v) is 26.1. The first-order valence-electron chi connectivity index (χ1n) is 14.1. The lowest BCUT2D eigenvalue weighted by Gasteiger charge is -2.39. The van der Waals surface area contributed by atoms with Crippen LogP contribution in [-0.4, -0.2) is 65.2 Å². The summed E-state index contributed by atoms with van der Waals surface area (Å²) in [7, 11) is 1.57. The molecule has 0 unspecified atom stereocenters. The maximum Gasteiger partial charge on any atom is 0.268 e. The van der Waals surface area contributed by atoms with Crippen LogP contribution < -0.4 is 15.4 Å². The van der Waals surface area contributed by atoms with Gasteiger partial charge < -0.3 is 25.3 Å². The summed E-state index contributed by atoms with van der Waals surface area (Å²) in [5.74, 6) is -0.852. The Hall–Kier alpha value is -3.62. The van der Waals surface area contributed by atoms with Crippen molar-refractivity contribution >= 4 is 34.4 Å². The number of aromatic amines is 1. The Morgan fingerprint density at radius 3 is 2.22 bits per heavy atom. The van der Waals surface area contributed by atoms with E-state index < -0.39 is 46.2 Å². The summed E-state index contributed by atoms with van der Waals surface area (Å²) >= 11 is 0.